The Balaban J connectivity index is 0.00000256. The number of nitrogens with two attached hydrogens (primary N) is 1. The molecule has 1 unspecified atom stereocenters. The third-order valence-corrected chi connectivity index (χ3v) is 3.53. The summed E-state index contributed by atoms with van der Waals surface area (Å²) in [7, 11) is 4.18. The van der Waals surface area contributed by atoms with Crippen LogP contribution in [0.5, 0.6) is 0 Å². The van der Waals surface area contributed by atoms with Crippen LogP contribution in [0, 0.1) is 0 Å². The highest BCUT2D eigenvalue weighted by molar-refractivity contribution is 14.0. The second-order valence-electron chi connectivity index (χ2n) is 4.82. The van der Waals surface area contributed by atoms with Crippen LogP contribution in [0.2, 0.25) is 0 Å². The van der Waals surface area contributed by atoms with E-state index in [1.807, 2.05) is 7.05 Å². The molecule has 0 bridgehead atoms. The minimum absolute atomic E-state index is 0. The van der Waals surface area contributed by atoms with Crippen LogP contribution in [0.4, 0.5) is 0 Å². The molecule has 5 heteroatoms. The van der Waals surface area contributed by atoms with E-state index in [-0.39, 0.29) is 24.0 Å². The maximum atomic E-state index is 5.91. The fourth-order valence-corrected chi connectivity index (χ4v) is 1.61. The number of likely N-dealkylation sites (N-methyl/N-ethyl adjacent to an activating group) is 1. The zero-order chi connectivity index (χ0) is 12.1. The van der Waals surface area contributed by atoms with E-state index in [0.717, 1.165) is 13.1 Å². The number of halogens is 1. The third-order valence-electron chi connectivity index (χ3n) is 3.53. The van der Waals surface area contributed by atoms with Gasteiger partial charge in [0.15, 0.2) is 5.96 Å². The first-order valence-electron chi connectivity index (χ1n) is 6.29. The van der Waals surface area contributed by atoms with Crippen molar-refractivity contribution in [2.24, 2.45) is 10.7 Å². The summed E-state index contributed by atoms with van der Waals surface area (Å²) in [4.78, 5) is 8.85. The molecule has 2 N–H and O–H groups in total. The smallest absolute Gasteiger partial charge is 0.191 e. The SMILES string of the molecule is CCC(C)N(C)CCN=C(N)N(C)C1CC1.I. The predicted molar refractivity (Wildman–Crippen MR) is 85.1 cm³/mol. The Morgan fingerprint density at radius 2 is 2.00 bits per heavy atom. The van der Waals surface area contributed by atoms with Gasteiger partial charge in [-0.2, -0.15) is 0 Å². The van der Waals surface area contributed by atoms with Gasteiger partial charge in [-0.25, -0.2) is 0 Å². The van der Waals surface area contributed by atoms with E-state index >= 15 is 0 Å². The number of hydrogen-bond donors (Lipinski definition) is 1. The van der Waals surface area contributed by atoms with Crippen LogP contribution in [0.3, 0.4) is 0 Å². The van der Waals surface area contributed by atoms with Crippen molar-refractivity contribution in [3.8, 4) is 0 Å². The molecule has 0 aromatic heterocycles. The van der Waals surface area contributed by atoms with E-state index in [0.29, 0.717) is 18.0 Å². The topological polar surface area (TPSA) is 44.9 Å². The van der Waals surface area contributed by atoms with Crippen molar-refractivity contribution in [1.29, 1.82) is 0 Å². The molecule has 4 nitrogen and oxygen atoms in total. The molecule has 0 heterocycles. The zero-order valence-electron chi connectivity index (χ0n) is 11.5. The van der Waals surface area contributed by atoms with Crippen molar-refractivity contribution in [3.63, 3.8) is 0 Å². The maximum Gasteiger partial charge on any atom is 0.191 e. The van der Waals surface area contributed by atoms with Crippen LogP contribution < -0.4 is 5.73 Å². The molecule has 1 saturated carbocycles. The van der Waals surface area contributed by atoms with Gasteiger partial charge in [-0.15, -0.1) is 24.0 Å². The van der Waals surface area contributed by atoms with Crippen molar-refractivity contribution in [1.82, 2.24) is 9.80 Å². The van der Waals surface area contributed by atoms with Gasteiger partial charge in [-0.3, -0.25) is 4.99 Å². The van der Waals surface area contributed by atoms with Crippen molar-refractivity contribution >= 4 is 29.9 Å². The molecule has 0 radical (unpaired) electrons. The van der Waals surface area contributed by atoms with Gasteiger partial charge < -0.3 is 15.5 Å². The Morgan fingerprint density at radius 3 is 2.47 bits per heavy atom. The van der Waals surface area contributed by atoms with Crippen molar-refractivity contribution in [2.75, 3.05) is 27.2 Å². The van der Waals surface area contributed by atoms with Crippen LogP contribution in [-0.4, -0.2) is 55.0 Å². The number of rotatable bonds is 6. The molecule has 0 aromatic rings. The summed E-state index contributed by atoms with van der Waals surface area (Å²) in [6.45, 7) is 6.22. The Kier molecular flexibility index (Phi) is 8.11. The molecule has 1 aliphatic carbocycles. The van der Waals surface area contributed by atoms with E-state index in [1.165, 1.54) is 19.3 Å². The fraction of sp³-hybridized carbons (Fsp3) is 0.917. The highest BCUT2D eigenvalue weighted by Crippen LogP contribution is 2.24. The summed E-state index contributed by atoms with van der Waals surface area (Å²) in [5.41, 5.74) is 5.91. The Morgan fingerprint density at radius 1 is 1.41 bits per heavy atom. The van der Waals surface area contributed by atoms with Gasteiger partial charge in [0, 0.05) is 25.7 Å². The highest BCUT2D eigenvalue weighted by Gasteiger charge is 2.27. The molecule has 0 saturated heterocycles. The molecular weight excluding hydrogens is 327 g/mol. The van der Waals surface area contributed by atoms with Gasteiger partial charge in [0.1, 0.15) is 0 Å². The molecule has 1 fully saturated rings. The minimum atomic E-state index is 0. The summed E-state index contributed by atoms with van der Waals surface area (Å²) >= 11 is 0. The molecule has 1 atom stereocenters. The normalized spacial score (nSPS) is 17.8. The lowest BCUT2D eigenvalue weighted by Gasteiger charge is -2.23. The van der Waals surface area contributed by atoms with E-state index < -0.39 is 0 Å². The second-order valence-corrected chi connectivity index (χ2v) is 4.82. The average molecular weight is 354 g/mol. The van der Waals surface area contributed by atoms with Crippen LogP contribution in [-0.2, 0) is 0 Å². The first-order chi connectivity index (χ1) is 7.56. The lowest BCUT2D eigenvalue weighted by molar-refractivity contribution is 0.259. The monoisotopic (exact) mass is 354 g/mol. The number of hydrogen-bond acceptors (Lipinski definition) is 2. The average Bonchev–Trinajstić information content (AvgIpc) is 3.10. The van der Waals surface area contributed by atoms with Gasteiger partial charge in [-0.05, 0) is 33.2 Å². The Hall–Kier alpha value is -0.0400. The zero-order valence-corrected chi connectivity index (χ0v) is 13.8. The van der Waals surface area contributed by atoms with Gasteiger partial charge in [0.05, 0.1) is 6.54 Å². The summed E-state index contributed by atoms with van der Waals surface area (Å²) in [5, 5.41) is 0. The maximum absolute atomic E-state index is 5.91. The molecule has 0 aliphatic heterocycles. The Labute approximate surface area is 123 Å². The molecule has 102 valence electrons. The third kappa shape index (κ3) is 5.90. The molecular formula is C12H27IN4. The van der Waals surface area contributed by atoms with Crippen molar-refractivity contribution in [3.05, 3.63) is 0 Å². The number of aliphatic imine (C=N–C) groups is 1. The largest absolute Gasteiger partial charge is 0.370 e. The Bertz CT molecular complexity index is 241. The quantitative estimate of drug-likeness (QED) is 0.449. The van der Waals surface area contributed by atoms with Crippen LogP contribution in [0.1, 0.15) is 33.1 Å². The first kappa shape index (κ1) is 17.0. The lowest BCUT2D eigenvalue weighted by Crippen LogP contribution is -2.37. The number of guanidine groups is 1. The summed E-state index contributed by atoms with van der Waals surface area (Å²) in [5.74, 6) is 0.694. The molecule has 1 rings (SSSR count). The molecule has 0 spiro atoms. The highest BCUT2D eigenvalue weighted by atomic mass is 127. The van der Waals surface area contributed by atoms with Crippen LogP contribution >= 0.6 is 24.0 Å². The molecule has 0 amide bonds. The van der Waals surface area contributed by atoms with Crippen molar-refractivity contribution in [2.45, 2.75) is 45.2 Å². The van der Waals surface area contributed by atoms with E-state index in [1.54, 1.807) is 0 Å². The van der Waals surface area contributed by atoms with Gasteiger partial charge in [-0.1, -0.05) is 6.92 Å². The molecule has 0 aromatic carbocycles. The van der Waals surface area contributed by atoms with Crippen LogP contribution in [0.15, 0.2) is 4.99 Å². The summed E-state index contributed by atoms with van der Waals surface area (Å²) in [6, 6.07) is 1.27. The van der Waals surface area contributed by atoms with E-state index in [9.17, 15) is 0 Å². The second kappa shape index (κ2) is 8.13. The summed E-state index contributed by atoms with van der Waals surface area (Å²) < 4.78 is 0. The fourth-order valence-electron chi connectivity index (χ4n) is 1.61. The van der Waals surface area contributed by atoms with Gasteiger partial charge in [0.2, 0.25) is 0 Å². The first-order valence-corrected chi connectivity index (χ1v) is 6.29. The van der Waals surface area contributed by atoms with Crippen molar-refractivity contribution < 1.29 is 0 Å². The summed E-state index contributed by atoms with van der Waals surface area (Å²) in [6.07, 6.45) is 3.71. The van der Waals surface area contributed by atoms with Crippen LogP contribution in [0.25, 0.3) is 0 Å². The van der Waals surface area contributed by atoms with Gasteiger partial charge >= 0.3 is 0 Å². The molecule has 17 heavy (non-hydrogen) atoms. The minimum Gasteiger partial charge on any atom is -0.370 e. The predicted octanol–water partition coefficient (Wildman–Crippen LogP) is 1.74. The standard InChI is InChI=1S/C12H26N4.HI/c1-5-10(2)15(3)9-8-14-12(13)16(4)11-6-7-11;/h10-11H,5-9H2,1-4H3,(H2,13,14);1H. The van der Waals surface area contributed by atoms with E-state index in [4.69, 9.17) is 5.73 Å². The van der Waals surface area contributed by atoms with Gasteiger partial charge in [0.25, 0.3) is 0 Å². The van der Waals surface area contributed by atoms with E-state index in [2.05, 4.69) is 35.7 Å². The number of nitrogens with zero attached hydrogens (tertiary/aromatic N) is 3. The lowest BCUT2D eigenvalue weighted by atomic mass is 10.2. The molecule has 1 aliphatic rings.